The molecule has 0 fully saturated rings. The zero-order valence-corrected chi connectivity index (χ0v) is 12.4. The number of ether oxygens (including phenoxy) is 1. The Morgan fingerprint density at radius 3 is 2.72 bits per heavy atom. The molecule has 0 bridgehead atoms. The van der Waals surface area contributed by atoms with Crippen molar-refractivity contribution in [3.63, 3.8) is 0 Å². The van der Waals surface area contributed by atoms with Crippen LogP contribution in [0.5, 0.6) is 11.6 Å². The van der Waals surface area contributed by atoms with Crippen molar-refractivity contribution in [3.8, 4) is 11.6 Å². The molecule has 0 unspecified atom stereocenters. The molecule has 0 aliphatic rings. The van der Waals surface area contributed by atoms with E-state index in [1.807, 2.05) is 32.0 Å². The third-order valence-electron chi connectivity index (χ3n) is 2.39. The highest BCUT2D eigenvalue weighted by atomic mass is 79.9. The van der Waals surface area contributed by atoms with Crippen LogP contribution in [-0.4, -0.2) is 9.97 Å². The summed E-state index contributed by atoms with van der Waals surface area (Å²) in [6.45, 7) is 3.95. The van der Waals surface area contributed by atoms with Crippen LogP contribution in [0.2, 0.25) is 5.15 Å². The third-order valence-corrected chi connectivity index (χ3v) is 3.07. The average Bonchev–Trinajstić information content (AvgIpc) is 2.32. The van der Waals surface area contributed by atoms with Crippen molar-refractivity contribution in [2.24, 2.45) is 0 Å². The summed E-state index contributed by atoms with van der Waals surface area (Å²) < 4.78 is 6.75. The van der Waals surface area contributed by atoms with Crippen molar-refractivity contribution < 1.29 is 4.74 Å². The summed E-state index contributed by atoms with van der Waals surface area (Å²) in [5.41, 5.74) is 1.03. The number of aromatic nitrogens is 2. The molecule has 5 heteroatoms. The second-order valence-electron chi connectivity index (χ2n) is 3.81. The summed E-state index contributed by atoms with van der Waals surface area (Å²) in [5, 5.41) is 0.395. The fraction of sp³-hybridized carbons (Fsp3) is 0.231. The molecule has 0 saturated carbocycles. The molecule has 1 heterocycles. The lowest BCUT2D eigenvalue weighted by molar-refractivity contribution is 0.455. The van der Waals surface area contributed by atoms with Gasteiger partial charge in [-0.1, -0.05) is 34.5 Å². The van der Waals surface area contributed by atoms with Gasteiger partial charge >= 0.3 is 0 Å². The predicted molar refractivity (Wildman–Crippen MR) is 75.4 cm³/mol. The Bertz CT molecular complexity index is 575. The van der Waals surface area contributed by atoms with Crippen LogP contribution in [-0.2, 0) is 6.42 Å². The van der Waals surface area contributed by atoms with Gasteiger partial charge in [-0.3, -0.25) is 0 Å². The van der Waals surface area contributed by atoms with Crippen molar-refractivity contribution in [1.29, 1.82) is 0 Å². The number of rotatable bonds is 3. The molecule has 0 radical (unpaired) electrons. The molecule has 0 saturated heterocycles. The van der Waals surface area contributed by atoms with Crippen molar-refractivity contribution in [2.75, 3.05) is 0 Å². The molecule has 0 N–H and O–H groups in total. The zero-order chi connectivity index (χ0) is 13.1. The van der Waals surface area contributed by atoms with Crippen LogP contribution in [0.3, 0.4) is 0 Å². The number of benzene rings is 1. The maximum atomic E-state index is 5.92. The molecule has 1 aromatic heterocycles. The van der Waals surface area contributed by atoms with E-state index >= 15 is 0 Å². The van der Waals surface area contributed by atoms with E-state index in [4.69, 9.17) is 16.3 Å². The SMILES string of the molecule is CCc1nc(Cl)cc(Oc2ccc(Br)cc2C)n1. The van der Waals surface area contributed by atoms with Crippen molar-refractivity contribution in [3.05, 3.63) is 45.3 Å². The molecular weight excluding hydrogens is 316 g/mol. The Labute approximate surface area is 119 Å². The molecule has 0 aliphatic carbocycles. The van der Waals surface area contributed by atoms with E-state index in [1.54, 1.807) is 6.07 Å². The van der Waals surface area contributed by atoms with Gasteiger partial charge in [-0.2, -0.15) is 4.98 Å². The number of nitrogens with zero attached hydrogens (tertiary/aromatic N) is 2. The molecule has 0 amide bonds. The van der Waals surface area contributed by atoms with Crippen molar-refractivity contribution in [1.82, 2.24) is 9.97 Å². The Hall–Kier alpha value is -1.13. The Kier molecular flexibility index (Phi) is 4.19. The first-order valence-corrected chi connectivity index (χ1v) is 6.73. The Morgan fingerprint density at radius 1 is 1.28 bits per heavy atom. The minimum absolute atomic E-state index is 0.395. The van der Waals surface area contributed by atoms with E-state index in [2.05, 4.69) is 25.9 Å². The minimum Gasteiger partial charge on any atom is -0.439 e. The van der Waals surface area contributed by atoms with Crippen LogP contribution in [0.25, 0.3) is 0 Å². The first-order valence-electron chi connectivity index (χ1n) is 5.56. The highest BCUT2D eigenvalue weighted by Gasteiger charge is 2.06. The highest BCUT2D eigenvalue weighted by Crippen LogP contribution is 2.27. The molecule has 2 rings (SSSR count). The minimum atomic E-state index is 0.395. The third kappa shape index (κ3) is 3.21. The summed E-state index contributed by atoms with van der Waals surface area (Å²) in [6, 6.07) is 7.41. The van der Waals surface area contributed by atoms with E-state index in [0.717, 1.165) is 22.2 Å². The molecule has 0 aliphatic heterocycles. The predicted octanol–water partition coefficient (Wildman–Crippen LogP) is 4.56. The van der Waals surface area contributed by atoms with Gasteiger partial charge in [-0.25, -0.2) is 4.98 Å². The van der Waals surface area contributed by atoms with E-state index in [-0.39, 0.29) is 0 Å². The number of halogens is 2. The smallest absolute Gasteiger partial charge is 0.224 e. The lowest BCUT2D eigenvalue weighted by Gasteiger charge is -2.09. The normalized spacial score (nSPS) is 10.4. The lowest BCUT2D eigenvalue weighted by atomic mass is 10.2. The number of hydrogen-bond acceptors (Lipinski definition) is 3. The van der Waals surface area contributed by atoms with Crippen LogP contribution in [0, 0.1) is 6.92 Å². The van der Waals surface area contributed by atoms with Crippen LogP contribution < -0.4 is 4.74 Å². The van der Waals surface area contributed by atoms with Crippen LogP contribution >= 0.6 is 27.5 Å². The second-order valence-corrected chi connectivity index (χ2v) is 5.11. The number of aryl methyl sites for hydroxylation is 2. The molecule has 3 nitrogen and oxygen atoms in total. The molecule has 1 aromatic carbocycles. The van der Waals surface area contributed by atoms with E-state index in [1.165, 1.54) is 0 Å². The fourth-order valence-corrected chi connectivity index (χ4v) is 2.16. The Morgan fingerprint density at radius 2 is 2.06 bits per heavy atom. The van der Waals surface area contributed by atoms with E-state index in [0.29, 0.717) is 16.9 Å². The monoisotopic (exact) mass is 326 g/mol. The highest BCUT2D eigenvalue weighted by molar-refractivity contribution is 9.10. The lowest BCUT2D eigenvalue weighted by Crippen LogP contribution is -1.97. The molecule has 0 spiro atoms. The van der Waals surface area contributed by atoms with E-state index in [9.17, 15) is 0 Å². The maximum Gasteiger partial charge on any atom is 0.224 e. The van der Waals surface area contributed by atoms with Crippen LogP contribution in [0.1, 0.15) is 18.3 Å². The summed E-state index contributed by atoms with van der Waals surface area (Å²) in [7, 11) is 0. The molecular formula is C13H12BrClN2O. The summed E-state index contributed by atoms with van der Waals surface area (Å²) in [5.74, 6) is 1.90. The maximum absolute atomic E-state index is 5.92. The standard InChI is InChI=1S/C13H12BrClN2O/c1-3-12-16-11(15)7-13(17-12)18-10-5-4-9(14)6-8(10)2/h4-7H,3H2,1-2H3. The van der Waals surface area contributed by atoms with E-state index < -0.39 is 0 Å². The quantitative estimate of drug-likeness (QED) is 0.775. The molecule has 2 aromatic rings. The summed E-state index contributed by atoms with van der Waals surface area (Å²) in [4.78, 5) is 8.38. The summed E-state index contributed by atoms with van der Waals surface area (Å²) in [6.07, 6.45) is 0.718. The fourth-order valence-electron chi connectivity index (χ4n) is 1.49. The largest absolute Gasteiger partial charge is 0.439 e. The van der Waals surface area contributed by atoms with Gasteiger partial charge in [0.1, 0.15) is 16.7 Å². The van der Waals surface area contributed by atoms with Gasteiger partial charge in [-0.15, -0.1) is 0 Å². The van der Waals surface area contributed by atoms with Gasteiger partial charge in [0.2, 0.25) is 5.88 Å². The first kappa shape index (κ1) is 13.3. The van der Waals surface area contributed by atoms with Gasteiger partial charge in [0.25, 0.3) is 0 Å². The van der Waals surface area contributed by atoms with Gasteiger partial charge in [-0.05, 0) is 30.7 Å². The molecule has 0 atom stereocenters. The first-order chi connectivity index (χ1) is 8.58. The average molecular weight is 328 g/mol. The topological polar surface area (TPSA) is 35.0 Å². The van der Waals surface area contributed by atoms with Crippen molar-refractivity contribution >= 4 is 27.5 Å². The number of hydrogen-bond donors (Lipinski definition) is 0. The summed E-state index contributed by atoms with van der Waals surface area (Å²) >= 11 is 9.34. The van der Waals surface area contributed by atoms with Gasteiger partial charge in [0.15, 0.2) is 0 Å². The second kappa shape index (κ2) is 5.67. The van der Waals surface area contributed by atoms with Crippen molar-refractivity contribution in [2.45, 2.75) is 20.3 Å². The van der Waals surface area contributed by atoms with Crippen LogP contribution in [0.4, 0.5) is 0 Å². The van der Waals surface area contributed by atoms with Gasteiger partial charge < -0.3 is 4.74 Å². The molecule has 94 valence electrons. The molecule has 18 heavy (non-hydrogen) atoms. The van der Waals surface area contributed by atoms with Gasteiger partial charge in [0, 0.05) is 17.0 Å². The Balaban J connectivity index is 2.30. The zero-order valence-electron chi connectivity index (χ0n) is 10.1. The van der Waals surface area contributed by atoms with Crippen LogP contribution in [0.15, 0.2) is 28.7 Å². The van der Waals surface area contributed by atoms with Gasteiger partial charge in [0.05, 0.1) is 0 Å².